The van der Waals surface area contributed by atoms with Crippen LogP contribution in [0.15, 0.2) is 49.1 Å². The molecule has 4 nitrogen and oxygen atoms in total. The summed E-state index contributed by atoms with van der Waals surface area (Å²) in [6.45, 7) is 6.05. The second-order valence-corrected chi connectivity index (χ2v) is 6.26. The number of carbonyl (C=O) groups is 1. The Labute approximate surface area is 138 Å². The van der Waals surface area contributed by atoms with Crippen LogP contribution in [0, 0.1) is 6.92 Å². The van der Waals surface area contributed by atoms with Gasteiger partial charge in [-0.1, -0.05) is 35.9 Å². The number of aryl methyl sites for hydroxylation is 1. The van der Waals surface area contributed by atoms with Gasteiger partial charge in [0.2, 0.25) is 0 Å². The molecule has 116 valence electrons. The minimum absolute atomic E-state index is 0.192. The molecule has 1 amide bonds. The minimum Gasteiger partial charge on any atom is -0.397 e. The van der Waals surface area contributed by atoms with E-state index >= 15 is 0 Å². The van der Waals surface area contributed by atoms with E-state index in [0.717, 1.165) is 21.5 Å². The van der Waals surface area contributed by atoms with E-state index in [0.29, 0.717) is 17.1 Å². The van der Waals surface area contributed by atoms with Gasteiger partial charge >= 0.3 is 0 Å². The smallest absolute Gasteiger partial charge is 0.263 e. The predicted molar refractivity (Wildman–Crippen MR) is 96.7 cm³/mol. The molecule has 0 aliphatic heterocycles. The Kier molecular flexibility index (Phi) is 4.12. The van der Waals surface area contributed by atoms with Crippen molar-refractivity contribution in [3.63, 3.8) is 0 Å². The highest BCUT2D eigenvalue weighted by atomic mass is 32.1. The van der Waals surface area contributed by atoms with Gasteiger partial charge in [-0.2, -0.15) is 0 Å². The number of nitrogen functional groups attached to an aromatic ring is 1. The molecule has 0 fully saturated rings. The molecule has 0 atom stereocenters. The van der Waals surface area contributed by atoms with Gasteiger partial charge < -0.3 is 11.1 Å². The quantitative estimate of drug-likeness (QED) is 0.718. The van der Waals surface area contributed by atoms with Crippen LogP contribution in [0.2, 0.25) is 0 Å². The van der Waals surface area contributed by atoms with Gasteiger partial charge in [-0.25, -0.2) is 4.98 Å². The molecule has 3 aromatic rings. The second kappa shape index (κ2) is 6.22. The number of nitrogens with zero attached hydrogens (tertiary/aromatic N) is 1. The number of thiophene rings is 1. The van der Waals surface area contributed by atoms with Crippen LogP contribution in [0.1, 0.15) is 15.2 Å². The lowest BCUT2D eigenvalue weighted by atomic mass is 10.1. The predicted octanol–water partition coefficient (Wildman–Crippen LogP) is 3.77. The number of pyridine rings is 1. The van der Waals surface area contributed by atoms with Crippen LogP contribution in [-0.2, 0) is 0 Å². The maximum absolute atomic E-state index is 12.1. The average molecular weight is 323 g/mol. The number of carbonyl (C=O) groups excluding carboxylic acids is 1. The third kappa shape index (κ3) is 2.96. The first-order valence-electron chi connectivity index (χ1n) is 7.25. The van der Waals surface area contributed by atoms with Crippen LogP contribution in [0.25, 0.3) is 21.5 Å². The molecule has 0 aliphatic carbocycles. The summed E-state index contributed by atoms with van der Waals surface area (Å²) >= 11 is 1.31. The monoisotopic (exact) mass is 323 g/mol. The van der Waals surface area contributed by atoms with Crippen molar-refractivity contribution < 1.29 is 4.79 Å². The molecular formula is C18H17N3OS. The lowest BCUT2D eigenvalue weighted by Gasteiger charge is -2.02. The Bertz CT molecular complexity index is 881. The van der Waals surface area contributed by atoms with Crippen LogP contribution < -0.4 is 11.1 Å². The molecule has 2 heterocycles. The molecule has 3 rings (SSSR count). The molecule has 23 heavy (non-hydrogen) atoms. The van der Waals surface area contributed by atoms with Crippen LogP contribution in [-0.4, -0.2) is 17.4 Å². The molecule has 0 spiro atoms. The minimum atomic E-state index is -0.192. The van der Waals surface area contributed by atoms with E-state index in [1.54, 1.807) is 6.08 Å². The summed E-state index contributed by atoms with van der Waals surface area (Å²) in [6, 6.07) is 12.0. The van der Waals surface area contributed by atoms with Gasteiger partial charge in [0.25, 0.3) is 5.91 Å². The van der Waals surface area contributed by atoms with Gasteiger partial charge in [0.1, 0.15) is 9.71 Å². The normalized spacial score (nSPS) is 10.7. The van der Waals surface area contributed by atoms with Crippen LogP contribution in [0.3, 0.4) is 0 Å². The van der Waals surface area contributed by atoms with Crippen LogP contribution in [0.5, 0.6) is 0 Å². The summed E-state index contributed by atoms with van der Waals surface area (Å²) in [7, 11) is 0. The number of rotatable bonds is 4. The Morgan fingerprint density at radius 3 is 2.74 bits per heavy atom. The largest absolute Gasteiger partial charge is 0.397 e. The number of aromatic nitrogens is 1. The van der Waals surface area contributed by atoms with Crippen molar-refractivity contribution in [1.82, 2.24) is 10.3 Å². The van der Waals surface area contributed by atoms with E-state index < -0.39 is 0 Å². The zero-order valence-corrected chi connectivity index (χ0v) is 13.6. The van der Waals surface area contributed by atoms with Crippen molar-refractivity contribution in [3.05, 3.63) is 59.5 Å². The van der Waals surface area contributed by atoms with Gasteiger partial charge in [0, 0.05) is 17.5 Å². The number of fused-ring (bicyclic) bond motifs is 1. The summed E-state index contributed by atoms with van der Waals surface area (Å²) in [6.07, 6.45) is 1.63. The fourth-order valence-corrected chi connectivity index (χ4v) is 3.31. The van der Waals surface area contributed by atoms with Gasteiger partial charge in [-0.15, -0.1) is 17.9 Å². The van der Waals surface area contributed by atoms with Crippen molar-refractivity contribution in [3.8, 4) is 11.3 Å². The first-order chi connectivity index (χ1) is 11.1. The summed E-state index contributed by atoms with van der Waals surface area (Å²) < 4.78 is 0. The van der Waals surface area contributed by atoms with Crippen molar-refractivity contribution in [1.29, 1.82) is 0 Å². The summed E-state index contributed by atoms with van der Waals surface area (Å²) in [5, 5.41) is 3.56. The standard InChI is InChI=1S/C18H17N3OS/c1-3-10-20-17(22)16-15(19)13-8-9-14(21-18(13)23-16)12-6-4-11(2)5-7-12/h3-9H,1,10,19H2,2H3,(H,20,22). The van der Waals surface area contributed by atoms with Crippen LogP contribution >= 0.6 is 11.3 Å². The van der Waals surface area contributed by atoms with E-state index in [9.17, 15) is 4.79 Å². The summed E-state index contributed by atoms with van der Waals surface area (Å²) in [5.74, 6) is -0.192. The van der Waals surface area contributed by atoms with E-state index in [2.05, 4.69) is 35.9 Å². The number of nitrogens with one attached hydrogen (secondary N) is 1. The third-order valence-electron chi connectivity index (χ3n) is 3.55. The number of benzene rings is 1. The number of hydrogen-bond donors (Lipinski definition) is 2. The van der Waals surface area contributed by atoms with Gasteiger partial charge in [0.15, 0.2) is 0 Å². The molecule has 0 saturated carbocycles. The lowest BCUT2D eigenvalue weighted by Crippen LogP contribution is -2.22. The Morgan fingerprint density at radius 2 is 2.04 bits per heavy atom. The summed E-state index contributed by atoms with van der Waals surface area (Å²) in [4.78, 5) is 18.1. The number of amides is 1. The summed E-state index contributed by atoms with van der Waals surface area (Å²) in [5.41, 5.74) is 9.71. The zero-order valence-electron chi connectivity index (χ0n) is 12.8. The highest BCUT2D eigenvalue weighted by Crippen LogP contribution is 2.34. The highest BCUT2D eigenvalue weighted by molar-refractivity contribution is 7.21. The van der Waals surface area contributed by atoms with Crippen molar-refractivity contribution in [2.24, 2.45) is 0 Å². The second-order valence-electron chi connectivity index (χ2n) is 5.26. The lowest BCUT2D eigenvalue weighted by molar-refractivity contribution is 0.0963. The van der Waals surface area contributed by atoms with Gasteiger partial charge in [-0.05, 0) is 19.1 Å². The molecular weight excluding hydrogens is 306 g/mol. The van der Waals surface area contributed by atoms with Gasteiger partial charge in [-0.3, -0.25) is 4.79 Å². The molecule has 0 bridgehead atoms. The van der Waals surface area contributed by atoms with Crippen LogP contribution in [0.4, 0.5) is 5.69 Å². The first kappa shape index (κ1) is 15.2. The number of hydrogen-bond acceptors (Lipinski definition) is 4. The fraction of sp³-hybridized carbons (Fsp3) is 0.111. The molecule has 0 saturated heterocycles. The third-order valence-corrected chi connectivity index (χ3v) is 4.67. The van der Waals surface area contributed by atoms with Gasteiger partial charge in [0.05, 0.1) is 11.4 Å². The molecule has 2 aromatic heterocycles. The average Bonchev–Trinajstić information content (AvgIpc) is 2.90. The van der Waals surface area contributed by atoms with E-state index in [4.69, 9.17) is 5.73 Å². The van der Waals surface area contributed by atoms with E-state index in [-0.39, 0.29) is 5.91 Å². The highest BCUT2D eigenvalue weighted by Gasteiger charge is 2.17. The number of anilines is 1. The maximum Gasteiger partial charge on any atom is 0.263 e. The van der Waals surface area contributed by atoms with E-state index in [1.165, 1.54) is 16.9 Å². The Morgan fingerprint density at radius 1 is 1.30 bits per heavy atom. The van der Waals surface area contributed by atoms with Crippen molar-refractivity contribution in [2.75, 3.05) is 12.3 Å². The first-order valence-corrected chi connectivity index (χ1v) is 8.07. The zero-order chi connectivity index (χ0) is 16.4. The molecule has 0 unspecified atom stereocenters. The topological polar surface area (TPSA) is 68.0 Å². The van der Waals surface area contributed by atoms with Crippen molar-refractivity contribution >= 4 is 33.1 Å². The molecule has 3 N–H and O–H groups in total. The fourth-order valence-electron chi connectivity index (χ4n) is 2.30. The Hall–Kier alpha value is -2.66. The van der Waals surface area contributed by atoms with Crippen molar-refractivity contribution in [2.45, 2.75) is 6.92 Å². The van der Waals surface area contributed by atoms with E-state index in [1.807, 2.05) is 24.3 Å². The Balaban J connectivity index is 2.01. The molecule has 1 aromatic carbocycles. The molecule has 5 heteroatoms. The number of nitrogens with two attached hydrogens (primary N) is 1. The maximum atomic E-state index is 12.1. The SMILES string of the molecule is C=CCNC(=O)c1sc2nc(-c3ccc(C)cc3)ccc2c1N. The molecule has 0 aliphatic rings. The molecule has 0 radical (unpaired) electrons.